The SMILES string of the molecule is C=C.CC.CC(C)(O)O.CC/C=C\C(=C/CC)SC(=N)c1c(C)nc(NCC(F)(F)F)nc1NCC[C@H](CC)CO. The van der Waals surface area contributed by atoms with Gasteiger partial charge in [0.15, 0.2) is 5.79 Å². The van der Waals surface area contributed by atoms with Gasteiger partial charge in [-0.05, 0) is 46.0 Å². The van der Waals surface area contributed by atoms with Crippen molar-refractivity contribution in [3.63, 3.8) is 0 Å². The zero-order valence-electron chi connectivity index (χ0n) is 26.0. The molecule has 0 aliphatic carbocycles. The molecule has 1 aromatic heterocycles. The van der Waals surface area contributed by atoms with Gasteiger partial charge in [0.2, 0.25) is 5.95 Å². The zero-order valence-corrected chi connectivity index (χ0v) is 26.8. The third-order valence-electron chi connectivity index (χ3n) is 4.59. The summed E-state index contributed by atoms with van der Waals surface area (Å²) in [6, 6.07) is 0. The topological polar surface area (TPSA) is 134 Å². The van der Waals surface area contributed by atoms with Gasteiger partial charge in [0, 0.05) is 18.1 Å². The average molecular weight is 608 g/mol. The van der Waals surface area contributed by atoms with Crippen LogP contribution in [-0.4, -0.2) is 62.0 Å². The maximum atomic E-state index is 12.6. The van der Waals surface area contributed by atoms with Crippen LogP contribution in [0.2, 0.25) is 0 Å². The van der Waals surface area contributed by atoms with Gasteiger partial charge in [-0.25, -0.2) is 4.98 Å². The lowest BCUT2D eigenvalue weighted by atomic mass is 10.0. The van der Waals surface area contributed by atoms with E-state index in [0.29, 0.717) is 30.0 Å². The highest BCUT2D eigenvalue weighted by atomic mass is 32.2. The molecule has 238 valence electrons. The van der Waals surface area contributed by atoms with Crippen molar-refractivity contribution in [3.05, 3.63) is 47.5 Å². The van der Waals surface area contributed by atoms with E-state index in [-0.39, 0.29) is 23.5 Å². The van der Waals surface area contributed by atoms with Gasteiger partial charge < -0.3 is 26.0 Å². The molecule has 6 N–H and O–H groups in total. The second-order valence-electron chi connectivity index (χ2n) is 8.75. The van der Waals surface area contributed by atoms with Crippen LogP contribution in [-0.2, 0) is 0 Å². The van der Waals surface area contributed by atoms with E-state index in [2.05, 4.69) is 33.8 Å². The van der Waals surface area contributed by atoms with Crippen LogP contribution in [0.1, 0.15) is 85.4 Å². The lowest BCUT2D eigenvalue weighted by molar-refractivity contribution is -0.127. The van der Waals surface area contributed by atoms with Gasteiger partial charge >= 0.3 is 6.18 Å². The van der Waals surface area contributed by atoms with E-state index in [1.807, 2.05) is 52.8 Å². The van der Waals surface area contributed by atoms with E-state index in [0.717, 1.165) is 24.2 Å². The van der Waals surface area contributed by atoms with Crippen molar-refractivity contribution in [2.75, 3.05) is 30.3 Å². The Morgan fingerprint density at radius 1 is 1.07 bits per heavy atom. The molecule has 0 saturated carbocycles. The molecule has 12 heteroatoms. The molecule has 1 heterocycles. The molecule has 41 heavy (non-hydrogen) atoms. The minimum absolute atomic E-state index is 0.0623. The van der Waals surface area contributed by atoms with Crippen molar-refractivity contribution in [2.24, 2.45) is 5.92 Å². The Hall–Kier alpha value is -2.41. The maximum absolute atomic E-state index is 12.6. The predicted molar refractivity (Wildman–Crippen MR) is 169 cm³/mol. The Kier molecular flexibility index (Phi) is 25.4. The third kappa shape index (κ3) is 23.9. The van der Waals surface area contributed by atoms with Gasteiger partial charge in [0.25, 0.3) is 0 Å². The first-order chi connectivity index (χ1) is 19.1. The van der Waals surface area contributed by atoms with Crippen LogP contribution >= 0.6 is 11.8 Å². The highest BCUT2D eigenvalue weighted by Crippen LogP contribution is 2.29. The van der Waals surface area contributed by atoms with Crippen molar-refractivity contribution >= 4 is 28.6 Å². The molecule has 1 aromatic rings. The predicted octanol–water partition coefficient (Wildman–Crippen LogP) is 7.43. The van der Waals surface area contributed by atoms with Crippen LogP contribution in [0.5, 0.6) is 0 Å². The Labute approximate surface area is 249 Å². The molecule has 0 unspecified atom stereocenters. The molecule has 0 aromatic carbocycles. The Morgan fingerprint density at radius 2 is 1.63 bits per heavy atom. The second kappa shape index (κ2) is 24.2. The molecule has 8 nitrogen and oxygen atoms in total. The molecular formula is C29H52F3N5O3S. The number of hydrogen-bond acceptors (Lipinski definition) is 9. The van der Waals surface area contributed by atoms with E-state index in [1.54, 1.807) is 6.92 Å². The molecule has 0 fully saturated rings. The van der Waals surface area contributed by atoms with Gasteiger partial charge in [0.1, 0.15) is 17.4 Å². The van der Waals surface area contributed by atoms with Crippen molar-refractivity contribution < 1.29 is 28.5 Å². The number of alkyl halides is 3. The molecule has 1 rings (SSSR count). The monoisotopic (exact) mass is 607 g/mol. The summed E-state index contributed by atoms with van der Waals surface area (Å²) < 4.78 is 37.9. The van der Waals surface area contributed by atoms with Gasteiger partial charge in [0.05, 0.1) is 11.3 Å². The zero-order chi connectivity index (χ0) is 32.6. The largest absolute Gasteiger partial charge is 0.405 e. The molecule has 0 bridgehead atoms. The van der Waals surface area contributed by atoms with Gasteiger partial charge in [-0.15, -0.1) is 13.2 Å². The number of anilines is 2. The van der Waals surface area contributed by atoms with Gasteiger partial charge in [-0.1, -0.05) is 71.0 Å². The van der Waals surface area contributed by atoms with Crippen molar-refractivity contribution in [3.8, 4) is 0 Å². The number of aromatic nitrogens is 2. The standard InChI is InChI=1S/C22H34F3N5OS.C3H8O2.C2H6.C2H4/c1-5-8-10-17(9-6-2)32-19(26)18-15(4)29-21(28-14-22(23,24)25)30-20(18)27-12-11-16(7-3)13-31;1-3(2,4)5;2*1-2/h8-10,16,26,31H,5-7,11-14H2,1-4H3,(H2,27,28,29,30);4-5H,1-2H3;1-2H3;1-2H2/b10-8-,17-9+,26-19?;;;/t16-;;;/m0.../s1. The lowest BCUT2D eigenvalue weighted by Gasteiger charge is -2.18. The number of nitrogens with zero attached hydrogens (tertiary/aromatic N) is 2. The van der Waals surface area contributed by atoms with E-state index in [4.69, 9.17) is 15.6 Å². The Morgan fingerprint density at radius 3 is 2.07 bits per heavy atom. The van der Waals surface area contributed by atoms with Crippen LogP contribution < -0.4 is 10.6 Å². The normalized spacial score (nSPS) is 12.2. The molecule has 0 saturated heterocycles. The number of rotatable bonds is 13. The molecule has 0 radical (unpaired) electrons. The average Bonchev–Trinajstić information content (AvgIpc) is 2.89. The Balaban J connectivity index is -0.00000141. The summed E-state index contributed by atoms with van der Waals surface area (Å²) in [5.74, 6) is -1.22. The fourth-order valence-corrected chi connectivity index (χ4v) is 3.79. The lowest BCUT2D eigenvalue weighted by Crippen LogP contribution is -2.23. The van der Waals surface area contributed by atoms with Crippen LogP contribution in [0.15, 0.2) is 36.3 Å². The van der Waals surface area contributed by atoms with Crippen molar-refractivity contribution in [1.82, 2.24) is 9.97 Å². The quantitative estimate of drug-likeness (QED) is 0.0448. The second-order valence-corrected chi connectivity index (χ2v) is 9.83. The minimum atomic E-state index is -4.40. The van der Waals surface area contributed by atoms with Crippen LogP contribution in [0.25, 0.3) is 0 Å². The van der Waals surface area contributed by atoms with Gasteiger partial charge in [-0.3, -0.25) is 5.41 Å². The molecule has 0 amide bonds. The summed E-state index contributed by atoms with van der Waals surface area (Å²) in [4.78, 5) is 9.30. The number of hydrogen-bond donors (Lipinski definition) is 6. The first-order valence-electron chi connectivity index (χ1n) is 13.8. The third-order valence-corrected chi connectivity index (χ3v) is 5.53. The molecular weight excluding hydrogens is 555 g/mol. The number of allylic oxidation sites excluding steroid dienone is 3. The Bertz CT molecular complexity index is 895. The van der Waals surface area contributed by atoms with E-state index in [1.165, 1.54) is 25.6 Å². The number of aryl methyl sites for hydroxylation is 1. The van der Waals surface area contributed by atoms with Crippen LogP contribution in [0.4, 0.5) is 24.9 Å². The van der Waals surface area contributed by atoms with E-state index < -0.39 is 18.5 Å². The number of halogens is 3. The highest BCUT2D eigenvalue weighted by molar-refractivity contribution is 8.17. The molecule has 0 spiro atoms. The summed E-state index contributed by atoms with van der Waals surface area (Å²) in [6.45, 7) is 19.6. The maximum Gasteiger partial charge on any atom is 0.405 e. The molecule has 1 atom stereocenters. The first-order valence-corrected chi connectivity index (χ1v) is 14.6. The van der Waals surface area contributed by atoms with Gasteiger partial charge in [-0.2, -0.15) is 18.2 Å². The summed E-state index contributed by atoms with van der Waals surface area (Å²) in [7, 11) is 0. The highest BCUT2D eigenvalue weighted by Gasteiger charge is 2.27. The molecule has 0 aliphatic rings. The summed E-state index contributed by atoms with van der Waals surface area (Å²) in [6.07, 6.45) is 4.74. The van der Waals surface area contributed by atoms with Crippen LogP contribution in [0, 0.1) is 18.3 Å². The minimum Gasteiger partial charge on any atom is -0.396 e. The smallest absolute Gasteiger partial charge is 0.396 e. The van der Waals surface area contributed by atoms with Crippen molar-refractivity contribution in [1.29, 1.82) is 5.41 Å². The number of thioether (sulfide) groups is 1. The van der Waals surface area contributed by atoms with Crippen LogP contribution in [0.3, 0.4) is 0 Å². The van der Waals surface area contributed by atoms with Crippen molar-refractivity contribution in [2.45, 2.75) is 93.0 Å². The fraction of sp³-hybridized carbons (Fsp3) is 0.621. The summed E-state index contributed by atoms with van der Waals surface area (Å²) in [5.41, 5.74) is 0.866. The first kappa shape index (κ1) is 43.0. The van der Waals surface area contributed by atoms with E-state index in [9.17, 15) is 18.3 Å². The number of aliphatic hydroxyl groups excluding tert-OH is 1. The molecule has 0 aliphatic heterocycles. The summed E-state index contributed by atoms with van der Waals surface area (Å²) in [5, 5.41) is 39.8. The number of aliphatic hydroxyl groups is 3. The number of nitrogens with one attached hydrogen (secondary N) is 3. The summed E-state index contributed by atoms with van der Waals surface area (Å²) >= 11 is 1.26. The fourth-order valence-electron chi connectivity index (χ4n) is 2.80. The van der Waals surface area contributed by atoms with E-state index >= 15 is 0 Å².